The number of hydrogen-bond acceptors (Lipinski definition) is 5. The van der Waals surface area contributed by atoms with Crippen LogP contribution in [0.4, 0.5) is 4.39 Å². The van der Waals surface area contributed by atoms with E-state index in [-0.39, 0.29) is 5.82 Å². The molecule has 1 atom stereocenters. The fraction of sp³-hybridized carbons (Fsp3) is 0.400. The van der Waals surface area contributed by atoms with Crippen LogP contribution in [0.1, 0.15) is 25.8 Å². The molecule has 0 aliphatic heterocycles. The van der Waals surface area contributed by atoms with Crippen molar-refractivity contribution in [1.29, 1.82) is 0 Å². The number of hydrogen-bond donors (Lipinski definition) is 1. The highest BCUT2D eigenvalue weighted by molar-refractivity contribution is 5.65. The SMILES string of the molecule is CCCN(Cc1c(-c2ccccc2)nn(C)c1Oc1ccc(F)cc1)C[C@@H](O)COCC. The first kappa shape index (κ1) is 23.9. The van der Waals surface area contributed by atoms with Crippen LogP contribution < -0.4 is 4.74 Å². The quantitative estimate of drug-likeness (QED) is 0.444. The van der Waals surface area contributed by atoms with Gasteiger partial charge in [0.2, 0.25) is 5.88 Å². The number of aliphatic hydroxyl groups is 1. The standard InChI is InChI=1S/C25H32FN3O3/c1-4-15-29(16-21(30)18-31-5-2)17-23-24(19-9-7-6-8-10-19)27-28(3)25(23)32-22-13-11-20(26)12-14-22/h6-14,21,30H,4-5,15-18H2,1-3H3/t21-/m1/s1. The molecule has 0 saturated carbocycles. The zero-order chi connectivity index (χ0) is 22.9. The first-order chi connectivity index (χ1) is 15.5. The van der Waals surface area contributed by atoms with E-state index in [0.29, 0.717) is 37.9 Å². The van der Waals surface area contributed by atoms with E-state index in [1.54, 1.807) is 16.8 Å². The Bertz CT molecular complexity index is 961. The second-order valence-electron chi connectivity index (χ2n) is 7.73. The van der Waals surface area contributed by atoms with Gasteiger partial charge in [-0.2, -0.15) is 5.10 Å². The summed E-state index contributed by atoms with van der Waals surface area (Å²) < 4.78 is 26.6. The third-order valence-corrected chi connectivity index (χ3v) is 5.07. The zero-order valence-corrected chi connectivity index (χ0v) is 19.0. The van der Waals surface area contributed by atoms with Gasteiger partial charge in [0.15, 0.2) is 0 Å². The monoisotopic (exact) mass is 441 g/mol. The topological polar surface area (TPSA) is 59.8 Å². The van der Waals surface area contributed by atoms with E-state index in [4.69, 9.17) is 14.6 Å². The summed E-state index contributed by atoms with van der Waals surface area (Å²) in [6, 6.07) is 15.9. The Balaban J connectivity index is 1.95. The molecule has 0 spiro atoms. The predicted octanol–water partition coefficient (Wildman–Crippen LogP) is 4.63. The normalized spacial score (nSPS) is 12.3. The minimum atomic E-state index is -0.584. The maximum absolute atomic E-state index is 13.4. The highest BCUT2D eigenvalue weighted by Gasteiger charge is 2.23. The number of halogens is 1. The average molecular weight is 442 g/mol. The lowest BCUT2D eigenvalue weighted by Crippen LogP contribution is -2.35. The van der Waals surface area contributed by atoms with Crippen molar-refractivity contribution in [2.24, 2.45) is 7.05 Å². The van der Waals surface area contributed by atoms with Crippen LogP contribution in [-0.2, 0) is 18.3 Å². The lowest BCUT2D eigenvalue weighted by Gasteiger charge is -2.25. The molecule has 3 rings (SSSR count). The lowest BCUT2D eigenvalue weighted by molar-refractivity contribution is 0.0195. The van der Waals surface area contributed by atoms with Gasteiger partial charge in [0.05, 0.1) is 18.3 Å². The molecule has 0 radical (unpaired) electrons. The molecule has 0 fully saturated rings. The molecular formula is C25H32FN3O3. The summed E-state index contributed by atoms with van der Waals surface area (Å²) in [5, 5.41) is 15.2. The molecule has 1 N–H and O–H groups in total. The van der Waals surface area contributed by atoms with E-state index >= 15 is 0 Å². The lowest BCUT2D eigenvalue weighted by atomic mass is 10.1. The molecule has 0 amide bonds. The van der Waals surface area contributed by atoms with Gasteiger partial charge in [0.1, 0.15) is 17.3 Å². The van der Waals surface area contributed by atoms with Gasteiger partial charge in [-0.05, 0) is 44.2 Å². The highest BCUT2D eigenvalue weighted by atomic mass is 19.1. The Kier molecular flexibility index (Phi) is 8.79. The van der Waals surface area contributed by atoms with E-state index in [1.165, 1.54) is 12.1 Å². The second-order valence-corrected chi connectivity index (χ2v) is 7.73. The maximum atomic E-state index is 13.4. The molecule has 32 heavy (non-hydrogen) atoms. The molecule has 0 bridgehead atoms. The zero-order valence-electron chi connectivity index (χ0n) is 19.0. The molecule has 1 heterocycles. The Morgan fingerprint density at radius 2 is 1.81 bits per heavy atom. The number of aryl methyl sites for hydroxylation is 1. The van der Waals surface area contributed by atoms with E-state index in [2.05, 4.69) is 11.8 Å². The van der Waals surface area contributed by atoms with Crippen molar-refractivity contribution in [2.45, 2.75) is 32.9 Å². The van der Waals surface area contributed by atoms with Gasteiger partial charge in [-0.1, -0.05) is 37.3 Å². The summed E-state index contributed by atoms with van der Waals surface area (Å²) >= 11 is 0. The number of nitrogens with zero attached hydrogens (tertiary/aromatic N) is 3. The fourth-order valence-electron chi connectivity index (χ4n) is 3.64. The molecule has 7 heteroatoms. The van der Waals surface area contributed by atoms with Crippen LogP contribution >= 0.6 is 0 Å². The smallest absolute Gasteiger partial charge is 0.222 e. The molecule has 6 nitrogen and oxygen atoms in total. The van der Waals surface area contributed by atoms with Crippen LogP contribution in [-0.4, -0.2) is 52.2 Å². The van der Waals surface area contributed by atoms with Crippen LogP contribution in [0.3, 0.4) is 0 Å². The first-order valence-corrected chi connectivity index (χ1v) is 11.0. The molecular weight excluding hydrogens is 409 g/mol. The summed E-state index contributed by atoms with van der Waals surface area (Å²) in [7, 11) is 1.84. The van der Waals surface area contributed by atoms with Gasteiger partial charge in [-0.3, -0.25) is 4.90 Å². The van der Waals surface area contributed by atoms with Crippen molar-refractivity contribution >= 4 is 0 Å². The Morgan fingerprint density at radius 1 is 1.09 bits per heavy atom. The Hall–Kier alpha value is -2.74. The number of aromatic nitrogens is 2. The molecule has 0 unspecified atom stereocenters. The highest BCUT2D eigenvalue weighted by Crippen LogP contribution is 2.34. The van der Waals surface area contributed by atoms with Gasteiger partial charge >= 0.3 is 0 Å². The van der Waals surface area contributed by atoms with Crippen molar-refractivity contribution in [3.63, 3.8) is 0 Å². The summed E-state index contributed by atoms with van der Waals surface area (Å²) in [6.07, 6.45) is 0.357. The van der Waals surface area contributed by atoms with Gasteiger partial charge in [0.25, 0.3) is 0 Å². The molecule has 0 aliphatic rings. The Morgan fingerprint density at radius 3 is 2.47 bits per heavy atom. The van der Waals surface area contributed by atoms with Gasteiger partial charge < -0.3 is 14.6 Å². The van der Waals surface area contributed by atoms with Crippen molar-refractivity contribution in [2.75, 3.05) is 26.3 Å². The summed E-state index contributed by atoms with van der Waals surface area (Å²) in [5.41, 5.74) is 2.73. The van der Waals surface area contributed by atoms with E-state index in [0.717, 1.165) is 29.8 Å². The number of ether oxygens (including phenoxy) is 2. The average Bonchev–Trinajstić information content (AvgIpc) is 3.09. The summed E-state index contributed by atoms with van der Waals surface area (Å²) in [5.74, 6) is 0.814. The van der Waals surface area contributed by atoms with Crippen molar-refractivity contribution in [1.82, 2.24) is 14.7 Å². The van der Waals surface area contributed by atoms with Crippen LogP contribution in [0, 0.1) is 5.82 Å². The van der Waals surface area contributed by atoms with Crippen LogP contribution in [0.15, 0.2) is 54.6 Å². The van der Waals surface area contributed by atoms with E-state index in [1.807, 2.05) is 44.3 Å². The first-order valence-electron chi connectivity index (χ1n) is 11.0. The molecule has 172 valence electrons. The van der Waals surface area contributed by atoms with Gasteiger partial charge in [-0.25, -0.2) is 9.07 Å². The van der Waals surface area contributed by atoms with Crippen LogP contribution in [0.5, 0.6) is 11.6 Å². The molecule has 1 aromatic heterocycles. The minimum Gasteiger partial charge on any atom is -0.439 e. The Labute approximate surface area is 189 Å². The van der Waals surface area contributed by atoms with Gasteiger partial charge in [-0.15, -0.1) is 0 Å². The molecule has 2 aromatic carbocycles. The molecule has 3 aromatic rings. The van der Waals surface area contributed by atoms with E-state index in [9.17, 15) is 9.50 Å². The van der Waals surface area contributed by atoms with E-state index < -0.39 is 6.10 Å². The third-order valence-electron chi connectivity index (χ3n) is 5.07. The van der Waals surface area contributed by atoms with Gasteiger partial charge in [0, 0.05) is 32.3 Å². The maximum Gasteiger partial charge on any atom is 0.222 e. The van der Waals surface area contributed by atoms with Crippen LogP contribution in [0.2, 0.25) is 0 Å². The number of aliphatic hydroxyl groups excluding tert-OH is 1. The number of rotatable bonds is 12. The minimum absolute atomic E-state index is 0.300. The predicted molar refractivity (Wildman–Crippen MR) is 123 cm³/mol. The largest absolute Gasteiger partial charge is 0.439 e. The second kappa shape index (κ2) is 11.8. The van der Waals surface area contributed by atoms with Crippen molar-refractivity contribution in [3.8, 4) is 22.9 Å². The summed E-state index contributed by atoms with van der Waals surface area (Å²) in [4.78, 5) is 2.19. The van der Waals surface area contributed by atoms with Crippen molar-refractivity contribution in [3.05, 3.63) is 66.0 Å². The number of benzene rings is 2. The fourth-order valence-corrected chi connectivity index (χ4v) is 3.64. The third kappa shape index (κ3) is 6.38. The van der Waals surface area contributed by atoms with Crippen LogP contribution in [0.25, 0.3) is 11.3 Å². The molecule has 0 aliphatic carbocycles. The van der Waals surface area contributed by atoms with Crippen molar-refractivity contribution < 1.29 is 19.0 Å². The summed E-state index contributed by atoms with van der Waals surface area (Å²) in [6.45, 7) is 6.73. The molecule has 0 saturated heterocycles.